The fourth-order valence-electron chi connectivity index (χ4n) is 2.79. The molecule has 1 aromatic carbocycles. The van der Waals surface area contributed by atoms with E-state index in [4.69, 9.17) is 0 Å². The zero-order valence-corrected chi connectivity index (χ0v) is 13.7. The van der Waals surface area contributed by atoms with Crippen molar-refractivity contribution in [1.29, 1.82) is 0 Å². The second kappa shape index (κ2) is 7.23. The fourth-order valence-corrected chi connectivity index (χ4v) is 2.79. The third kappa shape index (κ3) is 4.72. The lowest BCUT2D eigenvalue weighted by molar-refractivity contribution is -0.147. The number of nitrogens with one attached hydrogen (secondary N) is 1. The number of nitrogens with zero attached hydrogens (tertiary/aromatic N) is 1. The average Bonchev–Trinajstić information content (AvgIpc) is 2.50. The first-order chi connectivity index (χ1) is 11.2. The summed E-state index contributed by atoms with van der Waals surface area (Å²) in [7, 11) is 0. The molecule has 0 spiro atoms. The highest BCUT2D eigenvalue weighted by Crippen LogP contribution is 2.25. The van der Waals surface area contributed by atoms with Crippen molar-refractivity contribution < 1.29 is 22.8 Å². The molecule has 1 aliphatic heterocycles. The molecule has 0 aromatic heterocycles. The number of amides is 2. The van der Waals surface area contributed by atoms with Gasteiger partial charge in [-0.25, -0.2) is 0 Å². The van der Waals surface area contributed by atoms with E-state index in [0.717, 1.165) is 11.1 Å². The summed E-state index contributed by atoms with van der Waals surface area (Å²) in [5.41, 5.74) is 1.81. The third-order valence-corrected chi connectivity index (χ3v) is 3.92. The van der Waals surface area contributed by atoms with Crippen LogP contribution >= 0.6 is 0 Å². The number of carbonyl (C=O) groups excluding carboxylic acids is 2. The first-order valence-corrected chi connectivity index (χ1v) is 7.88. The molecular formula is C17H21F3N2O2. The van der Waals surface area contributed by atoms with Crippen molar-refractivity contribution in [1.82, 2.24) is 10.2 Å². The molecule has 2 amide bonds. The second-order valence-electron chi connectivity index (χ2n) is 6.44. The van der Waals surface area contributed by atoms with Crippen molar-refractivity contribution in [3.05, 3.63) is 35.4 Å². The molecule has 1 heterocycles. The highest BCUT2D eigenvalue weighted by atomic mass is 19.4. The third-order valence-electron chi connectivity index (χ3n) is 3.92. The molecule has 1 aliphatic rings. The van der Waals surface area contributed by atoms with E-state index in [2.05, 4.69) is 0 Å². The smallest absolute Gasteiger partial charge is 0.345 e. The van der Waals surface area contributed by atoms with Crippen LogP contribution in [0.5, 0.6) is 0 Å². The molecule has 0 saturated heterocycles. The number of benzene rings is 1. The number of hydrogen-bond acceptors (Lipinski definition) is 2. The van der Waals surface area contributed by atoms with Gasteiger partial charge < -0.3 is 10.2 Å². The topological polar surface area (TPSA) is 49.4 Å². The number of rotatable bonds is 4. The zero-order valence-electron chi connectivity index (χ0n) is 13.7. The lowest BCUT2D eigenvalue weighted by Gasteiger charge is -2.36. The van der Waals surface area contributed by atoms with E-state index in [0.29, 0.717) is 0 Å². The minimum absolute atomic E-state index is 0.105. The SMILES string of the molecule is CC(C)CC(=O)N1Cc2ccccc2C[C@@H]1C(=O)NCC(F)(F)F. The highest BCUT2D eigenvalue weighted by molar-refractivity contribution is 5.88. The van der Waals surface area contributed by atoms with E-state index >= 15 is 0 Å². The van der Waals surface area contributed by atoms with Crippen molar-refractivity contribution >= 4 is 11.8 Å². The van der Waals surface area contributed by atoms with E-state index in [1.165, 1.54) is 4.90 Å². The standard InChI is InChI=1S/C17H21F3N2O2/c1-11(2)7-15(23)22-9-13-6-4-3-5-12(13)8-14(22)16(24)21-10-17(18,19)20/h3-6,11,14H,7-10H2,1-2H3,(H,21,24)/t14-/m1/s1. The van der Waals surface area contributed by atoms with Gasteiger partial charge in [0, 0.05) is 19.4 Å². The largest absolute Gasteiger partial charge is 0.405 e. The molecule has 0 unspecified atom stereocenters. The van der Waals surface area contributed by atoms with Gasteiger partial charge in [-0.15, -0.1) is 0 Å². The molecule has 24 heavy (non-hydrogen) atoms. The first kappa shape index (κ1) is 18.3. The predicted molar refractivity (Wildman–Crippen MR) is 83.0 cm³/mol. The molecular weight excluding hydrogens is 321 g/mol. The molecule has 1 aromatic rings. The van der Waals surface area contributed by atoms with Crippen LogP contribution in [0.3, 0.4) is 0 Å². The Morgan fingerprint density at radius 2 is 1.88 bits per heavy atom. The van der Waals surface area contributed by atoms with Crippen LogP contribution in [0, 0.1) is 5.92 Å². The minimum atomic E-state index is -4.48. The minimum Gasteiger partial charge on any atom is -0.345 e. The Balaban J connectivity index is 2.20. The van der Waals surface area contributed by atoms with E-state index in [9.17, 15) is 22.8 Å². The highest BCUT2D eigenvalue weighted by Gasteiger charge is 2.36. The molecule has 132 valence electrons. The molecule has 7 heteroatoms. The first-order valence-electron chi connectivity index (χ1n) is 7.88. The number of halogens is 3. The number of carbonyl (C=O) groups is 2. The molecule has 0 saturated carbocycles. The number of alkyl halides is 3. The summed E-state index contributed by atoms with van der Waals surface area (Å²) < 4.78 is 37.1. The Morgan fingerprint density at radius 1 is 1.25 bits per heavy atom. The Hall–Kier alpha value is -2.05. The van der Waals surface area contributed by atoms with Gasteiger partial charge in [0.05, 0.1) is 0 Å². The van der Waals surface area contributed by atoms with Crippen LogP contribution in [-0.4, -0.2) is 35.5 Å². The van der Waals surface area contributed by atoms with Gasteiger partial charge in [0.25, 0.3) is 0 Å². The van der Waals surface area contributed by atoms with Gasteiger partial charge in [-0.3, -0.25) is 9.59 Å². The molecule has 0 radical (unpaired) electrons. The van der Waals surface area contributed by atoms with Gasteiger partial charge in [0.15, 0.2) is 0 Å². The molecule has 0 aliphatic carbocycles. The average molecular weight is 342 g/mol. The van der Waals surface area contributed by atoms with Crippen LogP contribution in [0.2, 0.25) is 0 Å². The molecule has 4 nitrogen and oxygen atoms in total. The summed E-state index contributed by atoms with van der Waals surface area (Å²) >= 11 is 0. The fraction of sp³-hybridized carbons (Fsp3) is 0.529. The van der Waals surface area contributed by atoms with Gasteiger partial charge in [-0.05, 0) is 17.0 Å². The van der Waals surface area contributed by atoms with Crippen molar-refractivity contribution in [2.24, 2.45) is 5.92 Å². The lowest BCUT2D eigenvalue weighted by atomic mass is 9.92. The number of fused-ring (bicyclic) bond motifs is 1. The van der Waals surface area contributed by atoms with Crippen molar-refractivity contribution in [3.63, 3.8) is 0 Å². The zero-order chi connectivity index (χ0) is 17.9. The van der Waals surface area contributed by atoms with Gasteiger partial charge >= 0.3 is 6.18 Å². The van der Waals surface area contributed by atoms with Crippen LogP contribution in [0.1, 0.15) is 31.4 Å². The Kier molecular flexibility index (Phi) is 5.51. The van der Waals surface area contributed by atoms with E-state index in [1.54, 1.807) is 0 Å². The van der Waals surface area contributed by atoms with E-state index < -0.39 is 24.7 Å². The van der Waals surface area contributed by atoms with Crippen LogP contribution in [-0.2, 0) is 22.6 Å². The van der Waals surface area contributed by atoms with Crippen LogP contribution in [0.15, 0.2) is 24.3 Å². The predicted octanol–water partition coefficient (Wildman–Crippen LogP) is 2.66. The Bertz CT molecular complexity index is 614. The van der Waals surface area contributed by atoms with Gasteiger partial charge in [0.2, 0.25) is 11.8 Å². The van der Waals surface area contributed by atoms with Crippen LogP contribution < -0.4 is 5.32 Å². The summed E-state index contributed by atoms with van der Waals surface area (Å²) in [6.07, 6.45) is -4.00. The normalized spacial score (nSPS) is 17.6. The second-order valence-corrected chi connectivity index (χ2v) is 6.44. The molecule has 0 bridgehead atoms. The van der Waals surface area contributed by atoms with Gasteiger partial charge in [-0.2, -0.15) is 13.2 Å². The van der Waals surface area contributed by atoms with Gasteiger partial charge in [-0.1, -0.05) is 38.1 Å². The van der Waals surface area contributed by atoms with Crippen molar-refractivity contribution in [2.45, 2.75) is 45.5 Å². The molecule has 1 N–H and O–H groups in total. The Morgan fingerprint density at radius 3 is 2.46 bits per heavy atom. The van der Waals surface area contributed by atoms with Crippen LogP contribution in [0.4, 0.5) is 13.2 Å². The summed E-state index contributed by atoms with van der Waals surface area (Å²) in [6, 6.07) is 6.45. The quantitative estimate of drug-likeness (QED) is 0.915. The lowest BCUT2D eigenvalue weighted by Crippen LogP contribution is -2.53. The van der Waals surface area contributed by atoms with Crippen LogP contribution in [0.25, 0.3) is 0 Å². The Labute approximate surface area is 139 Å². The maximum Gasteiger partial charge on any atom is 0.405 e. The summed E-state index contributed by atoms with van der Waals surface area (Å²) in [4.78, 5) is 26.1. The summed E-state index contributed by atoms with van der Waals surface area (Å²) in [5, 5.41) is 1.90. The van der Waals surface area contributed by atoms with Crippen molar-refractivity contribution in [3.8, 4) is 0 Å². The monoisotopic (exact) mass is 342 g/mol. The molecule has 2 rings (SSSR count). The van der Waals surface area contributed by atoms with Crippen molar-refractivity contribution in [2.75, 3.05) is 6.54 Å². The maximum absolute atomic E-state index is 12.5. The number of hydrogen-bond donors (Lipinski definition) is 1. The van der Waals surface area contributed by atoms with Gasteiger partial charge in [0.1, 0.15) is 12.6 Å². The van der Waals surface area contributed by atoms with E-state index in [-0.39, 0.29) is 31.2 Å². The maximum atomic E-state index is 12.5. The molecule has 1 atom stereocenters. The summed E-state index contributed by atoms with van der Waals surface area (Å²) in [5.74, 6) is -0.876. The van der Waals surface area contributed by atoms with E-state index in [1.807, 2.05) is 43.4 Å². The molecule has 0 fully saturated rings. The summed E-state index contributed by atoms with van der Waals surface area (Å²) in [6.45, 7) is 2.62.